The molecule has 4 nitrogen and oxygen atoms in total. The fourth-order valence-corrected chi connectivity index (χ4v) is 2.24. The number of carbonyl (C=O) groups excluding carboxylic acids is 1. The van der Waals surface area contributed by atoms with Gasteiger partial charge in [0.1, 0.15) is 11.4 Å². The Labute approximate surface area is 123 Å². The molecule has 0 unspecified atom stereocenters. The van der Waals surface area contributed by atoms with E-state index >= 15 is 0 Å². The number of hydrogen-bond donors (Lipinski definition) is 1. The molecule has 0 atom stereocenters. The van der Waals surface area contributed by atoms with E-state index in [9.17, 15) is 22.4 Å². The first kappa shape index (κ1) is 14.8. The molecule has 2 rings (SSSR count). The Kier molecular flexibility index (Phi) is 3.97. The first-order valence-corrected chi connectivity index (χ1v) is 6.22. The Hall–Kier alpha value is -1.65. The Morgan fingerprint density at radius 3 is 2.25 bits per heavy atom. The lowest BCUT2D eigenvalue weighted by Gasteiger charge is -2.09. The van der Waals surface area contributed by atoms with Crippen molar-refractivity contribution >= 4 is 34.2 Å². The number of carbonyl (C=O) groups is 1. The van der Waals surface area contributed by atoms with Crippen LogP contribution in [0.5, 0.6) is 0 Å². The van der Waals surface area contributed by atoms with E-state index in [0.717, 1.165) is 0 Å². The van der Waals surface area contributed by atoms with Gasteiger partial charge in [-0.2, -0.15) is 5.10 Å². The second-order valence-electron chi connectivity index (χ2n) is 3.76. The van der Waals surface area contributed by atoms with Gasteiger partial charge in [-0.3, -0.25) is 9.48 Å². The normalized spacial score (nSPS) is 10.7. The molecule has 0 aliphatic heterocycles. The van der Waals surface area contributed by atoms with Gasteiger partial charge in [-0.15, -0.1) is 0 Å². The van der Waals surface area contributed by atoms with Gasteiger partial charge in [-0.25, -0.2) is 17.6 Å². The molecule has 0 spiro atoms. The van der Waals surface area contributed by atoms with Gasteiger partial charge in [0.25, 0.3) is 5.91 Å². The van der Waals surface area contributed by atoms with Gasteiger partial charge in [0, 0.05) is 13.1 Å². The lowest BCUT2D eigenvalue weighted by atomic mass is 10.2. The van der Waals surface area contributed by atoms with Crippen molar-refractivity contribution in [1.82, 2.24) is 9.78 Å². The summed E-state index contributed by atoms with van der Waals surface area (Å²) in [4.78, 5) is 11.9. The van der Waals surface area contributed by atoms with Crippen molar-refractivity contribution in [3.05, 3.63) is 44.8 Å². The van der Waals surface area contributed by atoms with Crippen LogP contribution in [0.4, 0.5) is 23.2 Å². The molecule has 0 radical (unpaired) electrons. The predicted molar refractivity (Wildman–Crippen MR) is 70.2 cm³/mol. The van der Waals surface area contributed by atoms with E-state index in [2.05, 4.69) is 5.10 Å². The second-order valence-corrected chi connectivity index (χ2v) is 4.92. The summed E-state index contributed by atoms with van der Waals surface area (Å²) in [6.45, 7) is 0. The SMILES string of the molecule is Cn1ncc(I)c1C(=O)Nc1c(F)c(F)cc(F)c1F. The van der Waals surface area contributed by atoms with Crippen LogP contribution in [-0.2, 0) is 7.05 Å². The van der Waals surface area contributed by atoms with Crippen molar-refractivity contribution in [2.75, 3.05) is 5.32 Å². The molecule has 1 aromatic heterocycles. The molecule has 0 fully saturated rings. The molecule has 1 aromatic carbocycles. The molecule has 1 amide bonds. The maximum Gasteiger partial charge on any atom is 0.275 e. The smallest absolute Gasteiger partial charge is 0.275 e. The molecule has 0 aliphatic carbocycles. The monoisotopic (exact) mass is 399 g/mol. The highest BCUT2D eigenvalue weighted by atomic mass is 127. The van der Waals surface area contributed by atoms with E-state index in [0.29, 0.717) is 3.57 Å². The van der Waals surface area contributed by atoms with Gasteiger partial charge >= 0.3 is 0 Å². The number of anilines is 1. The first-order valence-electron chi connectivity index (χ1n) is 5.14. The van der Waals surface area contributed by atoms with Crippen LogP contribution in [0.1, 0.15) is 10.5 Å². The number of rotatable bonds is 2. The van der Waals surface area contributed by atoms with E-state index in [-0.39, 0.29) is 11.8 Å². The minimum atomic E-state index is -1.67. The van der Waals surface area contributed by atoms with Crippen LogP contribution in [0.25, 0.3) is 0 Å². The summed E-state index contributed by atoms with van der Waals surface area (Å²) in [5.74, 6) is -7.47. The van der Waals surface area contributed by atoms with Gasteiger partial charge in [0.2, 0.25) is 0 Å². The van der Waals surface area contributed by atoms with Crippen LogP contribution in [-0.4, -0.2) is 15.7 Å². The van der Waals surface area contributed by atoms with E-state index in [4.69, 9.17) is 0 Å². The zero-order valence-corrected chi connectivity index (χ0v) is 12.0. The van der Waals surface area contributed by atoms with Crippen molar-refractivity contribution < 1.29 is 22.4 Å². The molecular formula is C11H6F4IN3O. The molecule has 2 aromatic rings. The summed E-state index contributed by atoms with van der Waals surface area (Å²) in [5.41, 5.74) is -1.17. The number of amides is 1. The molecule has 9 heteroatoms. The third-order valence-corrected chi connectivity index (χ3v) is 3.25. The zero-order chi connectivity index (χ0) is 15.0. The molecular weight excluding hydrogens is 393 g/mol. The third-order valence-electron chi connectivity index (χ3n) is 2.46. The van der Waals surface area contributed by atoms with Crippen molar-refractivity contribution in [2.45, 2.75) is 0 Å². The topological polar surface area (TPSA) is 46.9 Å². The van der Waals surface area contributed by atoms with Gasteiger partial charge in [0.15, 0.2) is 23.3 Å². The number of hydrogen-bond acceptors (Lipinski definition) is 2. The first-order chi connectivity index (χ1) is 9.32. The maximum absolute atomic E-state index is 13.4. The summed E-state index contributed by atoms with van der Waals surface area (Å²) in [7, 11) is 1.44. The van der Waals surface area contributed by atoms with Crippen LogP contribution in [0.3, 0.4) is 0 Å². The Balaban J connectivity index is 2.43. The Bertz CT molecular complexity index is 656. The summed E-state index contributed by atoms with van der Waals surface area (Å²) >= 11 is 1.79. The highest BCUT2D eigenvalue weighted by Gasteiger charge is 2.23. The number of nitrogens with zero attached hydrogens (tertiary/aromatic N) is 2. The van der Waals surface area contributed by atoms with Crippen molar-refractivity contribution in [3.63, 3.8) is 0 Å². The fourth-order valence-electron chi connectivity index (χ4n) is 1.52. The quantitative estimate of drug-likeness (QED) is 0.480. The molecule has 0 bridgehead atoms. The van der Waals surface area contributed by atoms with Crippen LogP contribution in [0.15, 0.2) is 12.3 Å². The van der Waals surface area contributed by atoms with E-state index < -0.39 is 34.9 Å². The molecule has 0 aliphatic rings. The maximum atomic E-state index is 13.4. The van der Waals surface area contributed by atoms with Gasteiger partial charge in [0.05, 0.1) is 9.77 Å². The van der Waals surface area contributed by atoms with Gasteiger partial charge < -0.3 is 5.32 Å². The van der Waals surface area contributed by atoms with Gasteiger partial charge in [-0.1, -0.05) is 0 Å². The molecule has 106 valence electrons. The summed E-state index contributed by atoms with van der Waals surface area (Å²) in [5, 5.41) is 5.58. The molecule has 0 saturated heterocycles. The predicted octanol–water partition coefficient (Wildman–Crippen LogP) is 2.83. The van der Waals surface area contributed by atoms with Crippen molar-refractivity contribution in [2.24, 2.45) is 7.05 Å². The second kappa shape index (κ2) is 5.38. The van der Waals surface area contributed by atoms with E-state index in [1.165, 1.54) is 17.9 Å². The van der Waals surface area contributed by atoms with E-state index in [1.807, 2.05) is 5.32 Å². The van der Waals surface area contributed by atoms with Gasteiger partial charge in [-0.05, 0) is 22.6 Å². The highest BCUT2D eigenvalue weighted by Crippen LogP contribution is 2.25. The minimum absolute atomic E-state index is 0.00840. The lowest BCUT2D eigenvalue weighted by molar-refractivity contribution is 0.101. The average Bonchev–Trinajstić information content (AvgIpc) is 2.72. The zero-order valence-electron chi connectivity index (χ0n) is 9.85. The highest BCUT2D eigenvalue weighted by molar-refractivity contribution is 14.1. The number of aromatic nitrogens is 2. The van der Waals surface area contributed by atoms with Crippen LogP contribution in [0, 0.1) is 26.8 Å². The van der Waals surface area contributed by atoms with Crippen molar-refractivity contribution in [3.8, 4) is 0 Å². The average molecular weight is 399 g/mol. The van der Waals surface area contributed by atoms with Crippen LogP contribution < -0.4 is 5.32 Å². The number of aryl methyl sites for hydroxylation is 1. The van der Waals surface area contributed by atoms with E-state index in [1.54, 1.807) is 22.6 Å². The molecule has 0 saturated carbocycles. The number of halogens is 5. The lowest BCUT2D eigenvalue weighted by Crippen LogP contribution is -2.19. The standard InChI is InChI=1S/C11H6F4IN3O/c1-19-10(6(16)3-17-19)11(20)18-9-7(14)4(12)2-5(13)8(9)15/h2-3H,1H3,(H,18,20). The molecule has 1 heterocycles. The minimum Gasteiger partial charge on any atom is -0.315 e. The molecule has 1 N–H and O–H groups in total. The fraction of sp³-hybridized carbons (Fsp3) is 0.0909. The summed E-state index contributed by atoms with van der Waals surface area (Å²) < 4.78 is 54.5. The molecule has 20 heavy (non-hydrogen) atoms. The Morgan fingerprint density at radius 1 is 1.25 bits per heavy atom. The third kappa shape index (κ3) is 2.49. The van der Waals surface area contributed by atoms with Crippen LogP contribution in [0.2, 0.25) is 0 Å². The largest absolute Gasteiger partial charge is 0.315 e. The van der Waals surface area contributed by atoms with Crippen LogP contribution >= 0.6 is 22.6 Å². The summed E-state index contributed by atoms with van der Waals surface area (Å²) in [6.07, 6.45) is 1.36. The number of nitrogens with one attached hydrogen (secondary N) is 1. The van der Waals surface area contributed by atoms with Crippen molar-refractivity contribution in [1.29, 1.82) is 0 Å². The summed E-state index contributed by atoms with van der Waals surface area (Å²) in [6, 6.07) is 0.0636. The number of benzene rings is 1. The Morgan fingerprint density at radius 2 is 1.80 bits per heavy atom.